The molecule has 1 N–H and O–H groups in total. The lowest BCUT2D eigenvalue weighted by Crippen LogP contribution is -2.26. The van der Waals surface area contributed by atoms with Crippen molar-refractivity contribution in [3.05, 3.63) is 39.7 Å². The zero-order valence-electron chi connectivity index (χ0n) is 10.4. The van der Waals surface area contributed by atoms with Crippen LogP contribution in [0.4, 0.5) is 10.1 Å². The molecule has 0 aliphatic rings. The monoisotopic (exact) mass is 288 g/mol. The summed E-state index contributed by atoms with van der Waals surface area (Å²) in [6.45, 7) is 2.20. The molecule has 0 aliphatic carbocycles. The van der Waals surface area contributed by atoms with Gasteiger partial charge in [0.25, 0.3) is 11.6 Å². The maximum Gasteiger partial charge on any atom is 0.282 e. The van der Waals surface area contributed by atoms with Gasteiger partial charge >= 0.3 is 0 Å². The summed E-state index contributed by atoms with van der Waals surface area (Å²) in [5.41, 5.74) is -0.704. The van der Waals surface area contributed by atoms with Gasteiger partial charge in [0.15, 0.2) is 0 Å². The Morgan fingerprint density at radius 1 is 1.58 bits per heavy atom. The summed E-state index contributed by atoms with van der Waals surface area (Å²) in [6, 6.07) is 2.77. The first kappa shape index (κ1) is 15.4. The molecule has 0 spiro atoms. The lowest BCUT2D eigenvalue weighted by atomic mass is 10.1. The highest BCUT2D eigenvalue weighted by molar-refractivity contribution is 6.20. The topological polar surface area (TPSA) is 72.2 Å². The Bertz CT molecular complexity index is 482. The van der Waals surface area contributed by atoms with Crippen molar-refractivity contribution in [2.75, 3.05) is 6.54 Å². The third-order valence-corrected chi connectivity index (χ3v) is 3.11. The number of hydrogen-bond acceptors (Lipinski definition) is 3. The third kappa shape index (κ3) is 4.48. The summed E-state index contributed by atoms with van der Waals surface area (Å²) in [6.07, 6.45) is 1.31. The summed E-state index contributed by atoms with van der Waals surface area (Å²) >= 11 is 5.88. The maximum absolute atomic E-state index is 13.1. The fourth-order valence-electron chi connectivity index (χ4n) is 1.49. The second-order valence-corrected chi connectivity index (χ2v) is 4.59. The minimum atomic E-state index is -0.718. The molecule has 1 aromatic rings. The van der Waals surface area contributed by atoms with E-state index in [0.29, 0.717) is 6.42 Å². The van der Waals surface area contributed by atoms with Crippen molar-refractivity contribution < 1.29 is 14.1 Å². The van der Waals surface area contributed by atoms with Crippen LogP contribution >= 0.6 is 11.6 Å². The van der Waals surface area contributed by atoms with Crippen molar-refractivity contribution in [3.63, 3.8) is 0 Å². The highest BCUT2D eigenvalue weighted by Crippen LogP contribution is 2.19. The highest BCUT2D eigenvalue weighted by atomic mass is 35.5. The number of benzene rings is 1. The molecule has 5 nitrogen and oxygen atoms in total. The SMILES string of the molecule is CCC(Cl)CCNC(=O)c1cc(F)ccc1[N+](=O)[O-]. The number of hydrogen-bond donors (Lipinski definition) is 1. The molecule has 0 bridgehead atoms. The first-order valence-corrected chi connectivity index (χ1v) is 6.25. The van der Waals surface area contributed by atoms with Crippen LogP contribution in [0.5, 0.6) is 0 Å². The van der Waals surface area contributed by atoms with Crippen molar-refractivity contribution in [1.82, 2.24) is 5.32 Å². The normalized spacial score (nSPS) is 11.9. The lowest BCUT2D eigenvalue weighted by molar-refractivity contribution is -0.385. The van der Waals surface area contributed by atoms with Gasteiger partial charge in [-0.1, -0.05) is 6.92 Å². The first-order valence-electron chi connectivity index (χ1n) is 5.82. The van der Waals surface area contributed by atoms with Crippen molar-refractivity contribution in [1.29, 1.82) is 0 Å². The number of nitrogens with zero attached hydrogens (tertiary/aromatic N) is 1. The van der Waals surface area contributed by atoms with Crippen LogP contribution in [0.1, 0.15) is 30.1 Å². The molecular formula is C12H14ClFN2O3. The molecule has 1 rings (SSSR count). The van der Waals surface area contributed by atoms with Gasteiger partial charge in [0, 0.05) is 18.0 Å². The van der Waals surface area contributed by atoms with Crippen LogP contribution in [-0.2, 0) is 0 Å². The van der Waals surface area contributed by atoms with Crippen LogP contribution in [0.25, 0.3) is 0 Å². The van der Waals surface area contributed by atoms with Crippen molar-refractivity contribution in [2.45, 2.75) is 25.1 Å². The Morgan fingerprint density at radius 3 is 2.84 bits per heavy atom. The van der Waals surface area contributed by atoms with E-state index in [1.54, 1.807) is 0 Å². The van der Waals surface area contributed by atoms with E-state index in [2.05, 4.69) is 5.32 Å². The standard InChI is InChI=1S/C12H14ClFN2O3/c1-2-8(13)5-6-15-12(17)10-7-9(14)3-4-11(10)16(18)19/h3-4,7-8H,2,5-6H2,1H3,(H,15,17). The van der Waals surface area contributed by atoms with Gasteiger partial charge in [0.2, 0.25) is 0 Å². The number of nitrogens with one attached hydrogen (secondary N) is 1. The quantitative estimate of drug-likeness (QED) is 0.497. The Balaban J connectivity index is 2.76. The van der Waals surface area contributed by atoms with E-state index in [0.717, 1.165) is 24.6 Å². The van der Waals surface area contributed by atoms with Gasteiger partial charge in [-0.3, -0.25) is 14.9 Å². The minimum absolute atomic E-state index is 0.0669. The highest BCUT2D eigenvalue weighted by Gasteiger charge is 2.20. The van der Waals surface area contributed by atoms with E-state index < -0.39 is 22.3 Å². The molecule has 0 aromatic heterocycles. The van der Waals surface area contributed by atoms with E-state index in [9.17, 15) is 19.3 Å². The largest absolute Gasteiger partial charge is 0.352 e. The zero-order valence-corrected chi connectivity index (χ0v) is 11.1. The van der Waals surface area contributed by atoms with Crippen LogP contribution in [0.15, 0.2) is 18.2 Å². The molecule has 0 saturated heterocycles. The van der Waals surface area contributed by atoms with E-state index >= 15 is 0 Å². The van der Waals surface area contributed by atoms with Crippen LogP contribution in [0.3, 0.4) is 0 Å². The number of nitro groups is 1. The van der Waals surface area contributed by atoms with Gasteiger partial charge in [0.1, 0.15) is 11.4 Å². The molecule has 0 radical (unpaired) electrons. The number of carbonyl (C=O) groups excluding carboxylic acids is 1. The smallest absolute Gasteiger partial charge is 0.282 e. The summed E-state index contributed by atoms with van der Waals surface area (Å²) < 4.78 is 13.1. The second-order valence-electron chi connectivity index (χ2n) is 3.97. The van der Waals surface area contributed by atoms with Crippen molar-refractivity contribution in [2.24, 2.45) is 0 Å². The molecular weight excluding hydrogens is 275 g/mol. The predicted molar refractivity (Wildman–Crippen MR) is 69.9 cm³/mol. The van der Waals surface area contributed by atoms with Gasteiger partial charge < -0.3 is 5.32 Å². The molecule has 1 amide bonds. The van der Waals surface area contributed by atoms with Gasteiger partial charge in [-0.05, 0) is 25.0 Å². The van der Waals surface area contributed by atoms with Crippen molar-refractivity contribution >= 4 is 23.2 Å². The summed E-state index contributed by atoms with van der Waals surface area (Å²) in [5, 5.41) is 13.2. The summed E-state index contributed by atoms with van der Waals surface area (Å²) in [5.74, 6) is -1.37. The number of carbonyl (C=O) groups is 1. The molecule has 19 heavy (non-hydrogen) atoms. The van der Waals surface area contributed by atoms with Crippen molar-refractivity contribution in [3.8, 4) is 0 Å². The number of amides is 1. The molecule has 0 fully saturated rings. The van der Waals surface area contributed by atoms with Gasteiger partial charge in [-0.2, -0.15) is 0 Å². The fourth-order valence-corrected chi connectivity index (χ4v) is 1.60. The number of rotatable bonds is 6. The van der Waals surface area contributed by atoms with Crippen LogP contribution in [-0.4, -0.2) is 22.8 Å². The molecule has 0 aliphatic heterocycles. The molecule has 0 saturated carbocycles. The first-order chi connectivity index (χ1) is 8.95. The molecule has 104 valence electrons. The second kappa shape index (κ2) is 7.04. The Labute approximate surface area is 114 Å². The molecule has 1 aromatic carbocycles. The zero-order chi connectivity index (χ0) is 14.4. The fraction of sp³-hybridized carbons (Fsp3) is 0.417. The van der Waals surface area contributed by atoms with E-state index in [4.69, 9.17) is 11.6 Å². The van der Waals surface area contributed by atoms with Gasteiger partial charge in [-0.25, -0.2) is 4.39 Å². The lowest BCUT2D eigenvalue weighted by Gasteiger charge is -2.08. The van der Waals surface area contributed by atoms with Crippen LogP contribution in [0, 0.1) is 15.9 Å². The summed E-state index contributed by atoms with van der Waals surface area (Å²) in [7, 11) is 0. The van der Waals surface area contributed by atoms with Gasteiger partial charge in [-0.15, -0.1) is 11.6 Å². The van der Waals surface area contributed by atoms with E-state index in [1.807, 2.05) is 6.92 Å². The Kier molecular flexibility index (Phi) is 5.69. The number of halogens is 2. The molecule has 1 unspecified atom stereocenters. The molecule has 0 heterocycles. The van der Waals surface area contributed by atoms with E-state index in [-0.39, 0.29) is 17.5 Å². The minimum Gasteiger partial charge on any atom is -0.352 e. The summed E-state index contributed by atoms with van der Waals surface area (Å²) in [4.78, 5) is 21.8. The molecule has 7 heteroatoms. The maximum atomic E-state index is 13.1. The number of alkyl halides is 1. The number of nitro benzene ring substituents is 1. The third-order valence-electron chi connectivity index (χ3n) is 2.59. The van der Waals surface area contributed by atoms with Gasteiger partial charge in [0.05, 0.1) is 4.92 Å². The van der Waals surface area contributed by atoms with Crippen LogP contribution < -0.4 is 5.32 Å². The average molecular weight is 289 g/mol. The Morgan fingerprint density at radius 2 is 2.26 bits per heavy atom. The van der Waals surface area contributed by atoms with E-state index in [1.165, 1.54) is 0 Å². The Hall–Kier alpha value is -1.69. The predicted octanol–water partition coefficient (Wildman–Crippen LogP) is 2.87. The average Bonchev–Trinajstić information content (AvgIpc) is 2.37. The molecule has 1 atom stereocenters. The van der Waals surface area contributed by atoms with Crippen LogP contribution in [0.2, 0.25) is 0 Å².